The molecule has 0 N–H and O–H groups in total. The summed E-state index contributed by atoms with van der Waals surface area (Å²) in [6.07, 6.45) is 3.34. The molecule has 1 spiro atoms. The quantitative estimate of drug-likeness (QED) is 0.719. The summed E-state index contributed by atoms with van der Waals surface area (Å²) >= 11 is 0. The van der Waals surface area contributed by atoms with Crippen LogP contribution >= 0.6 is 0 Å². The summed E-state index contributed by atoms with van der Waals surface area (Å²) in [5.74, 6) is 0.151. The SMILES string of the molecule is CN1CCN(C(=O)C[C@H]2CC3(CCN(C(=O)c4ccc(F)cc4)CC3)c3ccccc32)CC1. The third-order valence-electron chi connectivity index (χ3n) is 7.99. The third kappa shape index (κ3) is 4.29. The number of hydrogen-bond donors (Lipinski definition) is 0. The molecule has 33 heavy (non-hydrogen) atoms. The van der Waals surface area contributed by atoms with Crippen LogP contribution in [-0.4, -0.2) is 72.8 Å². The number of rotatable bonds is 3. The van der Waals surface area contributed by atoms with Crippen molar-refractivity contribution in [2.45, 2.75) is 37.0 Å². The minimum absolute atomic E-state index is 0.0297. The average molecular weight is 450 g/mol. The number of carbonyl (C=O) groups excluding carboxylic acids is 2. The van der Waals surface area contributed by atoms with E-state index in [0.717, 1.165) is 45.4 Å². The summed E-state index contributed by atoms with van der Waals surface area (Å²) in [6.45, 7) is 4.88. The molecule has 6 heteroatoms. The Bertz CT molecular complexity index is 1020. The van der Waals surface area contributed by atoms with Crippen LogP contribution in [0, 0.1) is 5.82 Å². The van der Waals surface area contributed by atoms with Gasteiger partial charge in [0.15, 0.2) is 0 Å². The first-order chi connectivity index (χ1) is 15.9. The van der Waals surface area contributed by atoms with Crippen molar-refractivity contribution in [2.24, 2.45) is 0 Å². The lowest BCUT2D eigenvalue weighted by atomic mass is 9.73. The normalized spacial score (nSPS) is 22.4. The van der Waals surface area contributed by atoms with E-state index in [1.807, 2.05) is 9.80 Å². The maximum atomic E-state index is 13.2. The van der Waals surface area contributed by atoms with Gasteiger partial charge in [-0.15, -0.1) is 0 Å². The van der Waals surface area contributed by atoms with Gasteiger partial charge in [-0.25, -0.2) is 4.39 Å². The zero-order valence-corrected chi connectivity index (χ0v) is 19.3. The molecule has 5 rings (SSSR count). The lowest BCUT2D eigenvalue weighted by Gasteiger charge is -2.40. The lowest BCUT2D eigenvalue weighted by molar-refractivity contribution is -0.133. The number of likely N-dealkylation sites (N-methyl/N-ethyl adjacent to an activating group) is 1. The van der Waals surface area contributed by atoms with E-state index >= 15 is 0 Å². The summed E-state index contributed by atoms with van der Waals surface area (Å²) in [4.78, 5) is 32.2. The highest BCUT2D eigenvalue weighted by Gasteiger charge is 2.46. The number of halogens is 1. The van der Waals surface area contributed by atoms with E-state index in [4.69, 9.17) is 0 Å². The summed E-state index contributed by atoms with van der Waals surface area (Å²) in [5, 5.41) is 0. The van der Waals surface area contributed by atoms with E-state index < -0.39 is 0 Å². The van der Waals surface area contributed by atoms with Crippen LogP contribution in [0.15, 0.2) is 48.5 Å². The molecule has 2 fully saturated rings. The second kappa shape index (κ2) is 8.90. The fraction of sp³-hybridized carbons (Fsp3) is 0.481. The Hall–Kier alpha value is -2.73. The maximum Gasteiger partial charge on any atom is 0.253 e. The second-order valence-electron chi connectivity index (χ2n) is 9.96. The van der Waals surface area contributed by atoms with Crippen molar-refractivity contribution >= 4 is 11.8 Å². The standard InChI is InChI=1S/C27H32FN3O2/c1-29-14-16-30(17-15-29)25(32)18-21-19-27(24-5-3-2-4-23(21)24)10-12-31(13-11-27)26(33)20-6-8-22(28)9-7-20/h2-9,21H,10-19H2,1H3/t21-/m0/s1. The van der Waals surface area contributed by atoms with Crippen molar-refractivity contribution in [2.75, 3.05) is 46.3 Å². The fourth-order valence-corrected chi connectivity index (χ4v) is 5.99. The van der Waals surface area contributed by atoms with Gasteiger partial charge < -0.3 is 14.7 Å². The van der Waals surface area contributed by atoms with Crippen molar-refractivity contribution in [3.63, 3.8) is 0 Å². The van der Waals surface area contributed by atoms with Crippen LogP contribution < -0.4 is 0 Å². The van der Waals surface area contributed by atoms with Crippen LogP contribution in [0.3, 0.4) is 0 Å². The van der Waals surface area contributed by atoms with Gasteiger partial charge >= 0.3 is 0 Å². The van der Waals surface area contributed by atoms with E-state index in [1.54, 1.807) is 12.1 Å². The molecule has 2 aromatic rings. The van der Waals surface area contributed by atoms with Crippen LogP contribution in [0.4, 0.5) is 4.39 Å². The third-order valence-corrected chi connectivity index (χ3v) is 7.99. The van der Waals surface area contributed by atoms with Gasteiger partial charge in [-0.1, -0.05) is 24.3 Å². The number of piperidine rings is 1. The number of amides is 2. The molecule has 2 saturated heterocycles. The van der Waals surface area contributed by atoms with E-state index in [1.165, 1.54) is 23.3 Å². The summed E-state index contributed by atoms with van der Waals surface area (Å²) in [5.41, 5.74) is 3.26. The van der Waals surface area contributed by atoms with Crippen LogP contribution in [0.2, 0.25) is 0 Å². The fourth-order valence-electron chi connectivity index (χ4n) is 5.99. The van der Waals surface area contributed by atoms with Crippen LogP contribution in [0.1, 0.15) is 53.1 Å². The number of hydrogen-bond acceptors (Lipinski definition) is 3. The van der Waals surface area contributed by atoms with Crippen LogP contribution in [0.5, 0.6) is 0 Å². The second-order valence-corrected chi connectivity index (χ2v) is 9.96. The molecule has 1 atom stereocenters. The number of benzene rings is 2. The van der Waals surface area contributed by atoms with Gasteiger partial charge in [-0.05, 0) is 73.0 Å². The molecule has 2 aromatic carbocycles. The lowest BCUT2D eigenvalue weighted by Crippen LogP contribution is -2.47. The molecule has 2 aliphatic heterocycles. The molecule has 2 amide bonds. The van der Waals surface area contributed by atoms with Crippen molar-refractivity contribution in [3.8, 4) is 0 Å². The molecule has 174 valence electrons. The van der Waals surface area contributed by atoms with Crippen LogP contribution in [-0.2, 0) is 10.2 Å². The minimum atomic E-state index is -0.330. The molecule has 0 saturated carbocycles. The Balaban J connectivity index is 1.28. The summed E-state index contributed by atoms with van der Waals surface area (Å²) in [6, 6.07) is 14.4. The van der Waals surface area contributed by atoms with Gasteiger partial charge in [0.25, 0.3) is 5.91 Å². The smallest absolute Gasteiger partial charge is 0.253 e. The molecule has 0 radical (unpaired) electrons. The highest BCUT2D eigenvalue weighted by molar-refractivity contribution is 5.94. The zero-order valence-electron chi connectivity index (χ0n) is 19.3. The number of nitrogens with zero attached hydrogens (tertiary/aromatic N) is 3. The molecular weight excluding hydrogens is 417 g/mol. The van der Waals surface area contributed by atoms with Gasteiger partial charge in [0, 0.05) is 51.3 Å². The van der Waals surface area contributed by atoms with Gasteiger partial charge in [0.1, 0.15) is 5.82 Å². The summed E-state index contributed by atoms with van der Waals surface area (Å²) < 4.78 is 13.2. The van der Waals surface area contributed by atoms with Crippen molar-refractivity contribution in [3.05, 3.63) is 71.0 Å². The number of likely N-dealkylation sites (tertiary alicyclic amines) is 1. The first kappa shape index (κ1) is 22.1. The Morgan fingerprint density at radius 1 is 0.909 bits per heavy atom. The van der Waals surface area contributed by atoms with E-state index in [0.29, 0.717) is 25.1 Å². The van der Waals surface area contributed by atoms with Crippen molar-refractivity contribution in [1.82, 2.24) is 14.7 Å². The first-order valence-electron chi connectivity index (χ1n) is 12.1. The Kier molecular flexibility index (Phi) is 5.95. The highest BCUT2D eigenvalue weighted by Crippen LogP contribution is 2.52. The van der Waals surface area contributed by atoms with Crippen LogP contribution in [0.25, 0.3) is 0 Å². The number of fused-ring (bicyclic) bond motifs is 2. The van der Waals surface area contributed by atoms with Gasteiger partial charge in [-0.3, -0.25) is 9.59 Å². The molecule has 1 aliphatic carbocycles. The van der Waals surface area contributed by atoms with E-state index in [9.17, 15) is 14.0 Å². The topological polar surface area (TPSA) is 43.9 Å². The Labute approximate surface area is 195 Å². The minimum Gasteiger partial charge on any atom is -0.340 e. The molecule has 0 bridgehead atoms. The van der Waals surface area contributed by atoms with Gasteiger partial charge in [-0.2, -0.15) is 0 Å². The van der Waals surface area contributed by atoms with Crippen molar-refractivity contribution in [1.29, 1.82) is 0 Å². The maximum absolute atomic E-state index is 13.2. The Morgan fingerprint density at radius 2 is 1.58 bits per heavy atom. The zero-order chi connectivity index (χ0) is 23.0. The molecule has 3 aliphatic rings. The monoisotopic (exact) mass is 449 g/mol. The van der Waals surface area contributed by atoms with Crippen molar-refractivity contribution < 1.29 is 14.0 Å². The molecule has 0 unspecified atom stereocenters. The predicted molar refractivity (Wildman–Crippen MR) is 126 cm³/mol. The Morgan fingerprint density at radius 3 is 2.27 bits per heavy atom. The van der Waals surface area contributed by atoms with Gasteiger partial charge in [0.05, 0.1) is 0 Å². The van der Waals surface area contributed by atoms with E-state index in [-0.39, 0.29) is 29.0 Å². The molecule has 0 aromatic heterocycles. The average Bonchev–Trinajstić information content (AvgIpc) is 3.13. The molecule has 5 nitrogen and oxygen atoms in total. The van der Waals surface area contributed by atoms with Gasteiger partial charge in [0.2, 0.25) is 5.91 Å². The first-order valence-corrected chi connectivity index (χ1v) is 12.1. The summed E-state index contributed by atoms with van der Waals surface area (Å²) in [7, 11) is 2.10. The highest BCUT2D eigenvalue weighted by atomic mass is 19.1. The molecule has 2 heterocycles. The predicted octanol–water partition coefficient (Wildman–Crippen LogP) is 3.65. The number of piperazine rings is 1. The number of carbonyl (C=O) groups is 2. The molecular formula is C27H32FN3O2. The largest absolute Gasteiger partial charge is 0.340 e. The van der Waals surface area contributed by atoms with E-state index in [2.05, 4.69) is 36.2 Å².